The van der Waals surface area contributed by atoms with Crippen LogP contribution in [0.3, 0.4) is 0 Å². The van der Waals surface area contributed by atoms with Gasteiger partial charge in [-0.05, 0) is 24.7 Å². The number of carbonyl (C=O) groups is 2. The van der Waals surface area contributed by atoms with E-state index < -0.39 is 0 Å². The minimum absolute atomic E-state index is 0.0154. The fourth-order valence-electron chi connectivity index (χ4n) is 2.28. The summed E-state index contributed by atoms with van der Waals surface area (Å²) >= 11 is 0. The topological polar surface area (TPSA) is 58.2 Å². The molecule has 1 fully saturated rings. The van der Waals surface area contributed by atoms with Crippen LogP contribution in [0.1, 0.15) is 52.4 Å². The van der Waals surface area contributed by atoms with E-state index in [0.717, 1.165) is 12.8 Å². The van der Waals surface area contributed by atoms with Crippen molar-refractivity contribution in [2.45, 2.75) is 52.4 Å². The summed E-state index contributed by atoms with van der Waals surface area (Å²) < 4.78 is 0. The summed E-state index contributed by atoms with van der Waals surface area (Å²) in [6, 6.07) is 0. The maximum Gasteiger partial charge on any atom is 0.239 e. The van der Waals surface area contributed by atoms with E-state index in [9.17, 15) is 9.59 Å². The third-order valence-corrected chi connectivity index (χ3v) is 3.35. The number of rotatable bonds is 6. The van der Waals surface area contributed by atoms with E-state index in [2.05, 4.69) is 10.6 Å². The Morgan fingerprint density at radius 3 is 2.33 bits per heavy atom. The fraction of sp³-hybridized carbons (Fsp3) is 0.857. The van der Waals surface area contributed by atoms with Gasteiger partial charge in [-0.25, -0.2) is 0 Å². The second-order valence-electron chi connectivity index (χ2n) is 5.68. The highest BCUT2D eigenvalue weighted by atomic mass is 16.2. The molecule has 0 spiro atoms. The summed E-state index contributed by atoms with van der Waals surface area (Å²) in [4.78, 5) is 23.1. The molecule has 4 heteroatoms. The Bertz CT molecular complexity index is 271. The van der Waals surface area contributed by atoms with E-state index in [1.165, 1.54) is 19.3 Å². The summed E-state index contributed by atoms with van der Waals surface area (Å²) in [5, 5.41) is 5.49. The molecule has 1 saturated carbocycles. The molecule has 0 bridgehead atoms. The monoisotopic (exact) mass is 254 g/mol. The second-order valence-corrected chi connectivity index (χ2v) is 5.68. The fourth-order valence-corrected chi connectivity index (χ4v) is 2.28. The highest BCUT2D eigenvalue weighted by Gasteiger charge is 2.17. The van der Waals surface area contributed by atoms with Gasteiger partial charge >= 0.3 is 0 Å². The maximum absolute atomic E-state index is 11.7. The van der Waals surface area contributed by atoms with E-state index in [-0.39, 0.29) is 18.4 Å². The quantitative estimate of drug-likeness (QED) is 0.760. The molecular weight excluding hydrogens is 228 g/mol. The molecule has 0 atom stereocenters. The minimum Gasteiger partial charge on any atom is -0.354 e. The Morgan fingerprint density at radius 2 is 1.72 bits per heavy atom. The van der Waals surface area contributed by atoms with Crippen LogP contribution >= 0.6 is 0 Å². The van der Waals surface area contributed by atoms with Crippen molar-refractivity contribution in [2.75, 3.05) is 13.1 Å². The maximum atomic E-state index is 11.7. The number of hydrogen-bond acceptors (Lipinski definition) is 2. The summed E-state index contributed by atoms with van der Waals surface area (Å²) in [6.45, 7) is 4.86. The molecule has 0 aromatic heterocycles. The highest BCUT2D eigenvalue weighted by Crippen LogP contribution is 2.25. The van der Waals surface area contributed by atoms with Crippen LogP contribution in [-0.4, -0.2) is 24.9 Å². The van der Waals surface area contributed by atoms with Crippen LogP contribution in [0.2, 0.25) is 0 Å². The van der Waals surface area contributed by atoms with E-state index in [0.29, 0.717) is 24.8 Å². The zero-order chi connectivity index (χ0) is 13.4. The van der Waals surface area contributed by atoms with Crippen LogP contribution in [0.25, 0.3) is 0 Å². The van der Waals surface area contributed by atoms with E-state index in [4.69, 9.17) is 0 Å². The first-order chi connectivity index (χ1) is 8.58. The molecule has 2 amide bonds. The zero-order valence-electron chi connectivity index (χ0n) is 11.6. The predicted molar refractivity (Wildman–Crippen MR) is 72.0 cm³/mol. The molecule has 4 nitrogen and oxygen atoms in total. The predicted octanol–water partition coefficient (Wildman–Crippen LogP) is 1.85. The van der Waals surface area contributed by atoms with E-state index in [1.54, 1.807) is 0 Å². The van der Waals surface area contributed by atoms with Crippen molar-refractivity contribution in [1.82, 2.24) is 10.6 Å². The van der Waals surface area contributed by atoms with Crippen molar-refractivity contribution >= 4 is 11.8 Å². The van der Waals surface area contributed by atoms with Crippen LogP contribution in [0.5, 0.6) is 0 Å². The summed E-state index contributed by atoms with van der Waals surface area (Å²) in [5.41, 5.74) is 0. The van der Waals surface area contributed by atoms with Gasteiger partial charge in [-0.3, -0.25) is 9.59 Å². The SMILES string of the molecule is CC(C)CNC(=O)CNC(=O)CC1CCCCC1. The van der Waals surface area contributed by atoms with Gasteiger partial charge in [0.05, 0.1) is 6.54 Å². The number of amides is 2. The van der Waals surface area contributed by atoms with Crippen LogP contribution in [0, 0.1) is 11.8 Å². The number of carbonyl (C=O) groups excluding carboxylic acids is 2. The molecule has 0 radical (unpaired) electrons. The Kier molecular flexibility index (Phi) is 6.76. The molecule has 104 valence electrons. The van der Waals surface area contributed by atoms with Crippen LogP contribution in [0.4, 0.5) is 0 Å². The molecular formula is C14H26N2O2. The standard InChI is InChI=1S/C14H26N2O2/c1-11(2)9-15-14(18)10-16-13(17)8-12-6-4-3-5-7-12/h11-12H,3-10H2,1-2H3,(H,15,18)(H,16,17). The molecule has 0 aromatic rings. The second kappa shape index (κ2) is 8.11. The lowest BCUT2D eigenvalue weighted by Crippen LogP contribution is -2.38. The molecule has 1 rings (SSSR count). The molecule has 0 unspecified atom stereocenters. The molecule has 1 aliphatic rings. The Morgan fingerprint density at radius 1 is 1.06 bits per heavy atom. The van der Waals surface area contributed by atoms with Gasteiger partial charge in [0.15, 0.2) is 0 Å². The van der Waals surface area contributed by atoms with Crippen LogP contribution in [0.15, 0.2) is 0 Å². The van der Waals surface area contributed by atoms with Crippen molar-refractivity contribution in [3.05, 3.63) is 0 Å². The van der Waals surface area contributed by atoms with Gasteiger partial charge in [0, 0.05) is 13.0 Å². The molecule has 18 heavy (non-hydrogen) atoms. The van der Waals surface area contributed by atoms with Crippen LogP contribution < -0.4 is 10.6 Å². The first-order valence-corrected chi connectivity index (χ1v) is 7.11. The molecule has 0 aliphatic heterocycles. The summed E-state index contributed by atoms with van der Waals surface area (Å²) in [7, 11) is 0. The molecule has 1 aliphatic carbocycles. The van der Waals surface area contributed by atoms with Gasteiger partial charge in [0.1, 0.15) is 0 Å². The average molecular weight is 254 g/mol. The minimum atomic E-state index is -0.0966. The Hall–Kier alpha value is -1.06. The van der Waals surface area contributed by atoms with Gasteiger partial charge in [-0.1, -0.05) is 33.1 Å². The smallest absolute Gasteiger partial charge is 0.239 e. The van der Waals surface area contributed by atoms with Crippen molar-refractivity contribution in [1.29, 1.82) is 0 Å². The van der Waals surface area contributed by atoms with E-state index >= 15 is 0 Å². The zero-order valence-corrected chi connectivity index (χ0v) is 11.6. The molecule has 0 heterocycles. The number of hydrogen-bond donors (Lipinski definition) is 2. The molecule has 2 N–H and O–H groups in total. The average Bonchev–Trinajstić information content (AvgIpc) is 2.35. The van der Waals surface area contributed by atoms with Gasteiger partial charge in [-0.15, -0.1) is 0 Å². The summed E-state index contributed by atoms with van der Waals surface area (Å²) in [6.07, 6.45) is 6.69. The first-order valence-electron chi connectivity index (χ1n) is 7.11. The first kappa shape index (κ1) is 15.0. The molecule has 0 aromatic carbocycles. The lowest BCUT2D eigenvalue weighted by Gasteiger charge is -2.20. The van der Waals surface area contributed by atoms with Crippen molar-refractivity contribution in [2.24, 2.45) is 11.8 Å². The number of nitrogens with one attached hydrogen (secondary N) is 2. The lowest BCUT2D eigenvalue weighted by molar-refractivity contribution is -0.126. The Balaban J connectivity index is 2.10. The van der Waals surface area contributed by atoms with Gasteiger partial charge < -0.3 is 10.6 Å². The summed E-state index contributed by atoms with van der Waals surface area (Å²) in [5.74, 6) is 0.881. The third kappa shape index (κ3) is 6.62. The largest absolute Gasteiger partial charge is 0.354 e. The molecule has 0 saturated heterocycles. The highest BCUT2D eigenvalue weighted by molar-refractivity contribution is 5.84. The van der Waals surface area contributed by atoms with Gasteiger partial charge in [0.25, 0.3) is 0 Å². The van der Waals surface area contributed by atoms with Crippen molar-refractivity contribution in [3.63, 3.8) is 0 Å². The van der Waals surface area contributed by atoms with Crippen LogP contribution in [-0.2, 0) is 9.59 Å². The van der Waals surface area contributed by atoms with E-state index in [1.807, 2.05) is 13.8 Å². The van der Waals surface area contributed by atoms with Gasteiger partial charge in [0.2, 0.25) is 11.8 Å². The third-order valence-electron chi connectivity index (χ3n) is 3.35. The van der Waals surface area contributed by atoms with Crippen molar-refractivity contribution in [3.8, 4) is 0 Å². The van der Waals surface area contributed by atoms with Gasteiger partial charge in [-0.2, -0.15) is 0 Å². The Labute approximate surface area is 110 Å². The normalized spacial score (nSPS) is 16.6. The lowest BCUT2D eigenvalue weighted by atomic mass is 9.87. The van der Waals surface area contributed by atoms with Crippen molar-refractivity contribution < 1.29 is 9.59 Å².